The van der Waals surface area contributed by atoms with Crippen LogP contribution in [0.3, 0.4) is 0 Å². The van der Waals surface area contributed by atoms with E-state index in [9.17, 15) is 9.59 Å². The number of hydrogen-bond donors (Lipinski definition) is 3. The molecule has 1 rings (SSSR count). The first-order valence-corrected chi connectivity index (χ1v) is 7.24. The molecule has 0 unspecified atom stereocenters. The van der Waals surface area contributed by atoms with Crippen LogP contribution in [-0.4, -0.2) is 36.3 Å². The minimum Gasteiger partial charge on any atom is -0.354 e. The number of rotatable bonds is 8. The Morgan fingerprint density at radius 1 is 1.14 bits per heavy atom. The van der Waals surface area contributed by atoms with Crippen molar-refractivity contribution >= 4 is 24.1 Å². The van der Waals surface area contributed by atoms with Crippen LogP contribution in [0, 0.1) is 6.92 Å². The molecule has 1 aromatic rings. The molecule has 0 radical (unpaired) electrons. The van der Waals surface area contributed by atoms with E-state index in [4.69, 9.17) is 0 Å². The van der Waals surface area contributed by atoms with Gasteiger partial charge >= 0.3 is 0 Å². The Kier molecular flexibility index (Phi) is 8.97. The Morgan fingerprint density at radius 3 is 2.33 bits per heavy atom. The van der Waals surface area contributed by atoms with E-state index in [1.54, 1.807) is 0 Å². The number of carbonyl (C=O) groups excluding carboxylic acids is 2. The molecule has 6 heteroatoms. The molecule has 21 heavy (non-hydrogen) atoms. The maximum atomic E-state index is 12.2. The second kappa shape index (κ2) is 9.58. The zero-order valence-corrected chi connectivity index (χ0v) is 14.1. The second-order valence-corrected chi connectivity index (χ2v) is 4.89. The molecule has 0 bridgehead atoms. The van der Waals surface area contributed by atoms with Crippen LogP contribution < -0.4 is 10.6 Å². The summed E-state index contributed by atoms with van der Waals surface area (Å²) in [6, 6.07) is 0. The fourth-order valence-electron chi connectivity index (χ4n) is 2.36. The van der Waals surface area contributed by atoms with E-state index in [1.807, 2.05) is 13.8 Å². The monoisotopic (exact) mass is 315 g/mol. The fourth-order valence-corrected chi connectivity index (χ4v) is 2.36. The average Bonchev–Trinajstić information content (AvgIpc) is 2.75. The van der Waals surface area contributed by atoms with Gasteiger partial charge in [0.05, 0.1) is 0 Å². The zero-order chi connectivity index (χ0) is 15.1. The second-order valence-electron chi connectivity index (χ2n) is 4.89. The molecule has 0 saturated carbocycles. The van der Waals surface area contributed by atoms with Gasteiger partial charge < -0.3 is 15.6 Å². The quantitative estimate of drug-likeness (QED) is 0.509. The van der Waals surface area contributed by atoms with Crippen molar-refractivity contribution < 1.29 is 9.59 Å². The molecule has 1 heterocycles. The van der Waals surface area contributed by atoms with Crippen LogP contribution in [0.15, 0.2) is 0 Å². The molecule has 0 aliphatic heterocycles. The third kappa shape index (κ3) is 5.17. The molecule has 3 N–H and O–H groups in total. The van der Waals surface area contributed by atoms with Crippen LogP contribution in [0.2, 0.25) is 0 Å². The first-order valence-electron chi connectivity index (χ1n) is 7.24. The van der Waals surface area contributed by atoms with Crippen LogP contribution in [0.5, 0.6) is 0 Å². The molecule has 120 valence electrons. The van der Waals surface area contributed by atoms with Gasteiger partial charge in [-0.05, 0) is 38.8 Å². The minimum atomic E-state index is -0.143. The molecule has 0 atom stereocenters. The smallest absolute Gasteiger partial charge is 0.268 e. The minimum absolute atomic E-state index is 0. The summed E-state index contributed by atoms with van der Waals surface area (Å²) in [7, 11) is 0. The largest absolute Gasteiger partial charge is 0.354 e. The summed E-state index contributed by atoms with van der Waals surface area (Å²) in [6.07, 6.45) is 1.74. The third-order valence-electron chi connectivity index (χ3n) is 3.24. The number of aromatic amines is 1. The molecule has 5 nitrogen and oxygen atoms in total. The SMILES string of the molecule is CCCNCCNC(=O)c1[nH]c(C)c(C(C)=O)c1CC.Cl. The van der Waals surface area contributed by atoms with Gasteiger partial charge in [-0.25, -0.2) is 0 Å². The van der Waals surface area contributed by atoms with Crippen LogP contribution in [-0.2, 0) is 6.42 Å². The lowest BCUT2D eigenvalue weighted by atomic mass is 10.0. The number of halogens is 1. The highest BCUT2D eigenvalue weighted by molar-refractivity contribution is 6.02. The van der Waals surface area contributed by atoms with Gasteiger partial charge in [-0.1, -0.05) is 13.8 Å². The highest BCUT2D eigenvalue weighted by atomic mass is 35.5. The molecule has 0 aliphatic carbocycles. The lowest BCUT2D eigenvalue weighted by Gasteiger charge is -2.07. The van der Waals surface area contributed by atoms with Crippen molar-refractivity contribution in [1.82, 2.24) is 15.6 Å². The lowest BCUT2D eigenvalue weighted by Crippen LogP contribution is -2.32. The van der Waals surface area contributed by atoms with Crippen molar-refractivity contribution in [3.63, 3.8) is 0 Å². The standard InChI is InChI=1S/C15H25N3O2.ClH/c1-5-7-16-8-9-17-15(20)14-12(6-2)13(11(4)19)10(3)18-14;/h16,18H,5-9H2,1-4H3,(H,17,20);1H. The fraction of sp³-hybridized carbons (Fsp3) is 0.600. The van der Waals surface area contributed by atoms with Crippen LogP contribution >= 0.6 is 12.4 Å². The number of nitrogens with one attached hydrogen (secondary N) is 3. The number of amides is 1. The van der Waals surface area contributed by atoms with E-state index in [0.717, 1.165) is 30.8 Å². The van der Waals surface area contributed by atoms with Crippen molar-refractivity contribution in [2.75, 3.05) is 19.6 Å². The van der Waals surface area contributed by atoms with Gasteiger partial charge in [0.1, 0.15) is 5.69 Å². The normalized spacial score (nSPS) is 10.1. The summed E-state index contributed by atoms with van der Waals surface area (Å²) < 4.78 is 0. The predicted octanol–water partition coefficient (Wildman–Crippen LogP) is 2.24. The Hall–Kier alpha value is -1.33. The molecule has 0 fully saturated rings. The van der Waals surface area contributed by atoms with Crippen molar-refractivity contribution in [3.8, 4) is 0 Å². The van der Waals surface area contributed by atoms with Gasteiger partial charge in [0.15, 0.2) is 5.78 Å². The average molecular weight is 316 g/mol. The van der Waals surface area contributed by atoms with Gasteiger partial charge in [0.2, 0.25) is 0 Å². The van der Waals surface area contributed by atoms with Crippen molar-refractivity contribution in [3.05, 3.63) is 22.5 Å². The number of Topliss-reactive ketones (excluding diaryl/α,β-unsaturated/α-hetero) is 1. The zero-order valence-electron chi connectivity index (χ0n) is 13.3. The van der Waals surface area contributed by atoms with Gasteiger partial charge in [-0.2, -0.15) is 0 Å². The van der Waals surface area contributed by atoms with E-state index in [0.29, 0.717) is 24.2 Å². The molecule has 0 aliphatic rings. The van der Waals surface area contributed by atoms with Gasteiger partial charge in [0.25, 0.3) is 5.91 Å². The van der Waals surface area contributed by atoms with E-state index < -0.39 is 0 Å². The van der Waals surface area contributed by atoms with Gasteiger partial charge in [-0.15, -0.1) is 12.4 Å². The first-order chi connectivity index (χ1) is 9.52. The number of aromatic nitrogens is 1. The molecule has 0 spiro atoms. The number of aryl methyl sites for hydroxylation is 1. The van der Waals surface area contributed by atoms with Gasteiger partial charge in [-0.3, -0.25) is 9.59 Å². The summed E-state index contributed by atoms with van der Waals surface area (Å²) in [5, 5.41) is 6.09. The van der Waals surface area contributed by atoms with E-state index in [2.05, 4.69) is 22.5 Å². The highest BCUT2D eigenvalue weighted by Crippen LogP contribution is 2.20. The van der Waals surface area contributed by atoms with E-state index in [-0.39, 0.29) is 24.1 Å². The van der Waals surface area contributed by atoms with Crippen LogP contribution in [0.1, 0.15) is 59.3 Å². The van der Waals surface area contributed by atoms with E-state index >= 15 is 0 Å². The summed E-state index contributed by atoms with van der Waals surface area (Å²) in [5.41, 5.74) is 2.75. The maximum absolute atomic E-state index is 12.2. The summed E-state index contributed by atoms with van der Waals surface area (Å²) in [4.78, 5) is 26.9. The van der Waals surface area contributed by atoms with Gasteiger partial charge in [0, 0.05) is 24.3 Å². The number of hydrogen-bond acceptors (Lipinski definition) is 3. The molecule has 1 aromatic heterocycles. The molecule has 0 saturated heterocycles. The molecular weight excluding hydrogens is 290 g/mol. The Bertz CT molecular complexity index is 484. The van der Waals surface area contributed by atoms with Crippen molar-refractivity contribution in [2.24, 2.45) is 0 Å². The highest BCUT2D eigenvalue weighted by Gasteiger charge is 2.21. The third-order valence-corrected chi connectivity index (χ3v) is 3.24. The Morgan fingerprint density at radius 2 is 1.81 bits per heavy atom. The summed E-state index contributed by atoms with van der Waals surface area (Å²) >= 11 is 0. The number of H-pyrrole nitrogens is 1. The Labute approximate surface area is 132 Å². The molecular formula is C15H26ClN3O2. The number of carbonyl (C=O) groups is 2. The Balaban J connectivity index is 0.00000400. The molecule has 1 amide bonds. The molecule has 0 aromatic carbocycles. The number of ketones is 1. The summed E-state index contributed by atoms with van der Waals surface area (Å²) in [6.45, 7) is 9.70. The topological polar surface area (TPSA) is 74.0 Å². The maximum Gasteiger partial charge on any atom is 0.268 e. The van der Waals surface area contributed by atoms with Crippen LogP contribution in [0.4, 0.5) is 0 Å². The van der Waals surface area contributed by atoms with Crippen molar-refractivity contribution in [2.45, 2.75) is 40.5 Å². The first kappa shape index (κ1) is 19.7. The van der Waals surface area contributed by atoms with Crippen molar-refractivity contribution in [1.29, 1.82) is 0 Å². The predicted molar refractivity (Wildman–Crippen MR) is 87.7 cm³/mol. The summed E-state index contributed by atoms with van der Waals surface area (Å²) in [5.74, 6) is -0.144. The lowest BCUT2D eigenvalue weighted by molar-refractivity contribution is 0.0948. The van der Waals surface area contributed by atoms with Crippen LogP contribution in [0.25, 0.3) is 0 Å². The van der Waals surface area contributed by atoms with E-state index in [1.165, 1.54) is 6.92 Å².